The van der Waals surface area contributed by atoms with Crippen LogP contribution in [0.5, 0.6) is 11.8 Å². The molecule has 1 saturated carbocycles. The van der Waals surface area contributed by atoms with E-state index in [0.717, 1.165) is 50.4 Å². The van der Waals surface area contributed by atoms with Crippen LogP contribution in [0.4, 0.5) is 26.2 Å². The molecule has 6 rings (SSSR count). The van der Waals surface area contributed by atoms with Crippen LogP contribution >= 0.6 is 0 Å². The van der Waals surface area contributed by atoms with Crippen molar-refractivity contribution in [1.29, 1.82) is 0 Å². The minimum atomic E-state index is -0.832. The van der Waals surface area contributed by atoms with Gasteiger partial charge in [-0.25, -0.2) is 8.78 Å². The summed E-state index contributed by atoms with van der Waals surface area (Å²) in [6.45, 7) is 5.05. The van der Waals surface area contributed by atoms with Crippen LogP contribution in [0.1, 0.15) is 30.1 Å². The molecule has 3 aromatic heterocycles. The van der Waals surface area contributed by atoms with Crippen LogP contribution in [0.25, 0.3) is 10.9 Å². The zero-order chi connectivity index (χ0) is 24.1. The highest BCUT2D eigenvalue weighted by molar-refractivity contribution is 5.83. The van der Waals surface area contributed by atoms with Crippen LogP contribution in [0.3, 0.4) is 0 Å². The number of aromatic nitrogens is 5. The van der Waals surface area contributed by atoms with E-state index in [1.807, 2.05) is 6.07 Å². The third-order valence-corrected chi connectivity index (χ3v) is 6.49. The molecule has 1 aliphatic heterocycles. The maximum absolute atomic E-state index is 15.2. The monoisotopic (exact) mass is 480 g/mol. The Morgan fingerprint density at radius 2 is 1.83 bits per heavy atom. The van der Waals surface area contributed by atoms with Crippen LogP contribution < -0.4 is 15.0 Å². The number of hydrogen-bond acceptors (Lipinski definition) is 7. The van der Waals surface area contributed by atoms with Gasteiger partial charge in [-0.05, 0) is 32.9 Å². The summed E-state index contributed by atoms with van der Waals surface area (Å²) < 4.78 is 35.6. The number of likely N-dealkylation sites (N-methyl/N-ethyl adjacent to an activating group) is 1. The van der Waals surface area contributed by atoms with Gasteiger partial charge in [0.05, 0.1) is 5.52 Å². The van der Waals surface area contributed by atoms with Gasteiger partial charge in [0.25, 0.3) is 0 Å². The second kappa shape index (κ2) is 8.49. The predicted molar refractivity (Wildman–Crippen MR) is 129 cm³/mol. The highest BCUT2D eigenvalue weighted by atomic mass is 19.1. The maximum atomic E-state index is 15.2. The van der Waals surface area contributed by atoms with Crippen LogP contribution in [0, 0.1) is 18.6 Å². The Bertz CT molecular complexity index is 1390. The van der Waals surface area contributed by atoms with Crippen molar-refractivity contribution in [3.05, 3.63) is 47.3 Å². The van der Waals surface area contributed by atoms with E-state index in [9.17, 15) is 4.39 Å². The second-order valence-corrected chi connectivity index (χ2v) is 9.31. The zero-order valence-electron chi connectivity index (χ0n) is 19.5. The molecule has 0 atom stereocenters. The Morgan fingerprint density at radius 1 is 1.03 bits per heavy atom. The number of anilines is 3. The molecule has 0 radical (unpaired) electrons. The third-order valence-electron chi connectivity index (χ3n) is 6.49. The number of halogens is 2. The summed E-state index contributed by atoms with van der Waals surface area (Å²) in [6.07, 6.45) is 2.31. The molecule has 1 saturated heterocycles. The average molecular weight is 481 g/mol. The van der Waals surface area contributed by atoms with Crippen LogP contribution in [-0.4, -0.2) is 63.3 Å². The van der Waals surface area contributed by atoms with Gasteiger partial charge in [-0.15, -0.1) is 0 Å². The van der Waals surface area contributed by atoms with E-state index in [2.05, 4.69) is 47.3 Å². The van der Waals surface area contributed by atoms with E-state index in [1.54, 1.807) is 19.1 Å². The highest BCUT2D eigenvalue weighted by Gasteiger charge is 2.26. The normalized spacial score (nSPS) is 16.7. The third kappa shape index (κ3) is 4.39. The fourth-order valence-electron chi connectivity index (χ4n) is 4.37. The minimum Gasteiger partial charge on any atom is -0.418 e. The van der Waals surface area contributed by atoms with Crippen molar-refractivity contribution < 1.29 is 13.5 Å². The van der Waals surface area contributed by atoms with Gasteiger partial charge in [-0.3, -0.25) is 5.10 Å². The van der Waals surface area contributed by atoms with Gasteiger partial charge < -0.3 is 24.8 Å². The molecule has 9 nitrogen and oxygen atoms in total. The molecule has 0 bridgehead atoms. The second-order valence-electron chi connectivity index (χ2n) is 9.31. The molecule has 4 heterocycles. The fourth-order valence-corrected chi connectivity index (χ4v) is 4.37. The summed E-state index contributed by atoms with van der Waals surface area (Å²) in [4.78, 5) is 16.2. The van der Waals surface area contributed by atoms with Gasteiger partial charge in [0.15, 0.2) is 17.5 Å². The van der Waals surface area contributed by atoms with E-state index < -0.39 is 17.4 Å². The van der Waals surface area contributed by atoms with Crippen LogP contribution in [0.15, 0.2) is 24.3 Å². The number of ether oxygens (including phenoxy) is 1. The largest absolute Gasteiger partial charge is 0.418 e. The number of rotatable bonds is 6. The Kier molecular flexibility index (Phi) is 5.28. The molecule has 1 aromatic carbocycles. The van der Waals surface area contributed by atoms with Gasteiger partial charge >= 0.3 is 6.01 Å². The molecule has 0 spiro atoms. The molecule has 1 aliphatic carbocycles. The molecule has 35 heavy (non-hydrogen) atoms. The lowest BCUT2D eigenvalue weighted by molar-refractivity contribution is 0.311. The number of aromatic amines is 2. The summed E-state index contributed by atoms with van der Waals surface area (Å²) >= 11 is 0. The quantitative estimate of drug-likeness (QED) is 0.376. The molecular weight excluding hydrogens is 454 g/mol. The molecule has 0 amide bonds. The number of nitrogens with one attached hydrogen (secondary N) is 3. The number of benzene rings is 1. The van der Waals surface area contributed by atoms with Crippen molar-refractivity contribution >= 4 is 28.4 Å². The van der Waals surface area contributed by atoms with E-state index in [0.29, 0.717) is 28.9 Å². The molecule has 2 aliphatic rings. The smallest absolute Gasteiger partial charge is 0.326 e. The summed E-state index contributed by atoms with van der Waals surface area (Å²) in [6, 6.07) is 6.44. The number of aryl methyl sites for hydroxylation is 1. The summed E-state index contributed by atoms with van der Waals surface area (Å²) in [5, 5.41) is 10.8. The lowest BCUT2D eigenvalue weighted by atomic mass is 10.2. The predicted octanol–water partition coefficient (Wildman–Crippen LogP) is 4.43. The van der Waals surface area contributed by atoms with Crippen molar-refractivity contribution in [2.75, 3.05) is 43.4 Å². The van der Waals surface area contributed by atoms with Crippen molar-refractivity contribution in [2.45, 2.75) is 25.7 Å². The number of H-pyrrole nitrogens is 2. The van der Waals surface area contributed by atoms with E-state index in [-0.39, 0.29) is 11.4 Å². The topological polar surface area (TPSA) is 98.0 Å². The van der Waals surface area contributed by atoms with Crippen molar-refractivity contribution in [1.82, 2.24) is 30.0 Å². The molecular formula is C24H26F2N8O. The Morgan fingerprint density at radius 3 is 2.60 bits per heavy atom. The number of piperazine rings is 1. The number of nitrogens with zero attached hydrogens (tertiary/aromatic N) is 5. The SMILES string of the molecule is Cc1cc2c(F)c(Oc3nc(Nc4cc(C5CC5)[nH]n4)cc(N4CCN(C)CC4)n3)c(F)cc2[nH]1. The fraction of sp³-hybridized carbons (Fsp3) is 0.375. The van der Waals surface area contributed by atoms with Crippen molar-refractivity contribution in [2.24, 2.45) is 0 Å². The van der Waals surface area contributed by atoms with Gasteiger partial charge in [0.2, 0.25) is 5.75 Å². The van der Waals surface area contributed by atoms with Gasteiger partial charge in [0.1, 0.15) is 11.6 Å². The zero-order valence-corrected chi connectivity index (χ0v) is 19.5. The Balaban J connectivity index is 1.35. The average Bonchev–Trinajstić information content (AvgIpc) is 3.47. The standard InChI is InChI=1S/C24H26F2N8O/c1-13-9-15-18(27-13)10-16(25)23(22(15)26)35-24-29-19(28-20-11-17(31-32-20)14-3-4-14)12-21(30-24)34-7-5-33(2)6-8-34/h9-12,14,27H,3-8H2,1-2H3,(H2,28,29,30,31,32). The molecule has 11 heteroatoms. The number of fused-ring (bicyclic) bond motifs is 1. The van der Waals surface area contributed by atoms with Crippen molar-refractivity contribution in [3.63, 3.8) is 0 Å². The highest BCUT2D eigenvalue weighted by Crippen LogP contribution is 2.40. The summed E-state index contributed by atoms with van der Waals surface area (Å²) in [5.74, 6) is 0.0210. The van der Waals surface area contributed by atoms with Crippen molar-refractivity contribution in [3.8, 4) is 11.8 Å². The summed E-state index contributed by atoms with van der Waals surface area (Å²) in [5.41, 5.74) is 2.17. The first kappa shape index (κ1) is 21.8. The van der Waals surface area contributed by atoms with E-state index in [1.165, 1.54) is 6.07 Å². The molecule has 0 unspecified atom stereocenters. The number of hydrogen-bond donors (Lipinski definition) is 3. The lowest BCUT2D eigenvalue weighted by Gasteiger charge is -2.33. The Labute approximate surface area is 200 Å². The summed E-state index contributed by atoms with van der Waals surface area (Å²) in [7, 11) is 2.07. The van der Waals surface area contributed by atoms with E-state index in [4.69, 9.17) is 4.74 Å². The molecule has 4 aromatic rings. The van der Waals surface area contributed by atoms with Gasteiger partial charge in [0, 0.05) is 67.1 Å². The molecule has 2 fully saturated rings. The first-order valence-corrected chi connectivity index (χ1v) is 11.7. The maximum Gasteiger partial charge on any atom is 0.326 e. The lowest BCUT2D eigenvalue weighted by Crippen LogP contribution is -2.44. The van der Waals surface area contributed by atoms with E-state index >= 15 is 4.39 Å². The minimum absolute atomic E-state index is 0.147. The Hall–Kier alpha value is -3.73. The van der Waals surface area contributed by atoms with Gasteiger partial charge in [-0.1, -0.05) is 0 Å². The molecule has 3 N–H and O–H groups in total. The van der Waals surface area contributed by atoms with Crippen LogP contribution in [-0.2, 0) is 0 Å². The van der Waals surface area contributed by atoms with Gasteiger partial charge in [-0.2, -0.15) is 15.1 Å². The first-order valence-electron chi connectivity index (χ1n) is 11.7. The molecule has 182 valence electrons. The van der Waals surface area contributed by atoms with Crippen LogP contribution in [0.2, 0.25) is 0 Å². The first-order chi connectivity index (χ1) is 16.9.